The zero-order chi connectivity index (χ0) is 24.4. The number of rotatable bonds is 6. The van der Waals surface area contributed by atoms with Gasteiger partial charge in [0.25, 0.3) is 5.91 Å². The first-order valence-electron chi connectivity index (χ1n) is 11.2. The Morgan fingerprint density at radius 1 is 1.03 bits per heavy atom. The number of carbonyl (C=O) groups excluding carboxylic acids is 3. The lowest BCUT2D eigenvalue weighted by molar-refractivity contribution is -0.124. The second-order valence-electron chi connectivity index (χ2n) is 8.36. The molecule has 3 aromatic carbocycles. The maximum absolute atomic E-state index is 12.6. The van der Waals surface area contributed by atoms with Gasteiger partial charge in [0.1, 0.15) is 6.10 Å². The van der Waals surface area contributed by atoms with Crippen LogP contribution >= 0.6 is 0 Å². The Bertz CT molecular complexity index is 1290. The van der Waals surface area contributed by atoms with Gasteiger partial charge in [-0.2, -0.15) is 0 Å². The summed E-state index contributed by atoms with van der Waals surface area (Å²) in [6.45, 7) is 1.56. The van der Waals surface area contributed by atoms with Crippen molar-refractivity contribution in [3.05, 3.63) is 94.5 Å². The van der Waals surface area contributed by atoms with Crippen molar-refractivity contribution in [1.82, 2.24) is 5.32 Å². The Balaban J connectivity index is 1.19. The fraction of sp³-hybridized carbons (Fsp3) is 0.222. The Morgan fingerprint density at radius 2 is 1.83 bits per heavy atom. The monoisotopic (exact) mass is 473 g/mol. The van der Waals surface area contributed by atoms with Crippen LogP contribution in [-0.2, 0) is 20.7 Å². The molecular formula is C27H23NO7. The van der Waals surface area contributed by atoms with Gasteiger partial charge in [-0.15, -0.1) is 0 Å². The second-order valence-corrected chi connectivity index (χ2v) is 8.36. The molecule has 0 saturated carbocycles. The zero-order valence-corrected chi connectivity index (χ0v) is 19.0. The third kappa shape index (κ3) is 4.82. The molecule has 0 spiro atoms. The van der Waals surface area contributed by atoms with Crippen LogP contribution in [0.5, 0.6) is 11.5 Å². The third-order valence-electron chi connectivity index (χ3n) is 6.00. The van der Waals surface area contributed by atoms with Crippen molar-refractivity contribution in [2.75, 3.05) is 13.4 Å². The highest BCUT2D eigenvalue weighted by atomic mass is 16.7. The average Bonchev–Trinajstić information content (AvgIpc) is 3.35. The van der Waals surface area contributed by atoms with Crippen molar-refractivity contribution < 1.29 is 33.3 Å². The van der Waals surface area contributed by atoms with Gasteiger partial charge in [-0.05, 0) is 53.9 Å². The number of carbonyl (C=O) groups is 3. The quantitative estimate of drug-likeness (QED) is 0.542. The van der Waals surface area contributed by atoms with Gasteiger partial charge >= 0.3 is 11.9 Å². The maximum atomic E-state index is 12.6. The number of hydrogen-bond donors (Lipinski definition) is 1. The van der Waals surface area contributed by atoms with Crippen molar-refractivity contribution in [2.24, 2.45) is 0 Å². The fourth-order valence-electron chi connectivity index (χ4n) is 4.14. The molecule has 3 aromatic rings. The molecule has 0 radical (unpaired) electrons. The predicted molar refractivity (Wildman–Crippen MR) is 124 cm³/mol. The van der Waals surface area contributed by atoms with E-state index in [1.165, 1.54) is 6.07 Å². The van der Waals surface area contributed by atoms with Crippen molar-refractivity contribution in [3.8, 4) is 11.5 Å². The van der Waals surface area contributed by atoms with Crippen molar-refractivity contribution in [1.29, 1.82) is 0 Å². The maximum Gasteiger partial charge on any atom is 0.339 e. The Morgan fingerprint density at radius 3 is 2.66 bits per heavy atom. The molecule has 0 bridgehead atoms. The van der Waals surface area contributed by atoms with Crippen LogP contribution in [0.15, 0.2) is 66.7 Å². The number of fused-ring (bicyclic) bond motifs is 2. The van der Waals surface area contributed by atoms with E-state index in [0.717, 1.165) is 11.1 Å². The lowest BCUT2D eigenvalue weighted by Gasteiger charge is -2.25. The van der Waals surface area contributed by atoms with E-state index < -0.39 is 30.6 Å². The summed E-state index contributed by atoms with van der Waals surface area (Å²) in [7, 11) is 0. The van der Waals surface area contributed by atoms with E-state index in [1.54, 1.807) is 24.3 Å². The van der Waals surface area contributed by atoms with Crippen molar-refractivity contribution in [2.45, 2.75) is 25.5 Å². The number of cyclic esters (lactones) is 1. The number of ether oxygens (including phenoxy) is 4. The molecule has 2 aliphatic rings. The molecule has 0 aromatic heterocycles. The van der Waals surface area contributed by atoms with Crippen LogP contribution in [-0.4, -0.2) is 31.2 Å². The summed E-state index contributed by atoms with van der Waals surface area (Å²) in [4.78, 5) is 37.4. The van der Waals surface area contributed by atoms with Gasteiger partial charge in [-0.3, -0.25) is 4.79 Å². The van der Waals surface area contributed by atoms with E-state index in [2.05, 4.69) is 5.32 Å². The van der Waals surface area contributed by atoms with E-state index in [0.29, 0.717) is 29.0 Å². The van der Waals surface area contributed by atoms with E-state index in [-0.39, 0.29) is 18.4 Å². The van der Waals surface area contributed by atoms with Crippen LogP contribution in [0, 0.1) is 0 Å². The summed E-state index contributed by atoms with van der Waals surface area (Å²) < 4.78 is 21.4. The van der Waals surface area contributed by atoms with Crippen LogP contribution < -0.4 is 14.8 Å². The Hall–Kier alpha value is -4.33. The van der Waals surface area contributed by atoms with Crippen LogP contribution in [0.2, 0.25) is 0 Å². The number of esters is 2. The lowest BCUT2D eigenvalue weighted by atomic mass is 9.93. The molecule has 1 N–H and O–H groups in total. The highest BCUT2D eigenvalue weighted by Crippen LogP contribution is 2.34. The number of nitrogens with one attached hydrogen (secondary N) is 1. The standard InChI is InChI=1S/C27H23NO7/c1-16(18-8-10-22-24(12-18)34-15-33-22)28-25(29)14-32-26(30)19-7-9-21-20(11-19)13-23(35-27(21)31)17-5-3-2-4-6-17/h2-12,16,23H,13-15H2,1H3,(H,28,29). The smallest absolute Gasteiger partial charge is 0.339 e. The molecule has 0 aliphatic carbocycles. The molecule has 35 heavy (non-hydrogen) atoms. The van der Waals surface area contributed by atoms with E-state index in [1.807, 2.05) is 43.3 Å². The molecule has 2 atom stereocenters. The van der Waals surface area contributed by atoms with E-state index >= 15 is 0 Å². The number of benzene rings is 3. The Labute approximate surface area is 201 Å². The lowest BCUT2D eigenvalue weighted by Crippen LogP contribution is -2.31. The highest BCUT2D eigenvalue weighted by Gasteiger charge is 2.28. The van der Waals surface area contributed by atoms with Gasteiger partial charge in [0.2, 0.25) is 6.79 Å². The molecule has 1 amide bonds. The minimum atomic E-state index is -0.645. The van der Waals surface area contributed by atoms with Crippen LogP contribution in [0.3, 0.4) is 0 Å². The summed E-state index contributed by atoms with van der Waals surface area (Å²) in [5, 5.41) is 2.80. The first-order valence-corrected chi connectivity index (χ1v) is 11.2. The van der Waals surface area contributed by atoms with E-state index in [4.69, 9.17) is 18.9 Å². The largest absolute Gasteiger partial charge is 0.454 e. The molecule has 178 valence electrons. The SMILES string of the molecule is CC(NC(=O)COC(=O)c1ccc2c(c1)CC(c1ccccc1)OC2=O)c1ccc2c(c1)OCO2. The molecule has 8 nitrogen and oxygen atoms in total. The average molecular weight is 473 g/mol. The van der Waals surface area contributed by atoms with E-state index in [9.17, 15) is 14.4 Å². The molecule has 5 rings (SSSR count). The van der Waals surface area contributed by atoms with Gasteiger partial charge in [0, 0.05) is 6.42 Å². The third-order valence-corrected chi connectivity index (χ3v) is 6.00. The molecule has 8 heteroatoms. The molecule has 0 fully saturated rings. The fourth-order valence-corrected chi connectivity index (χ4v) is 4.14. The van der Waals surface area contributed by atoms with Crippen LogP contribution in [0.4, 0.5) is 0 Å². The zero-order valence-electron chi connectivity index (χ0n) is 19.0. The molecule has 2 unspecified atom stereocenters. The number of hydrogen-bond acceptors (Lipinski definition) is 7. The normalized spacial score (nSPS) is 16.6. The van der Waals surface area contributed by atoms with Crippen LogP contribution in [0.1, 0.15) is 56.5 Å². The summed E-state index contributed by atoms with van der Waals surface area (Å²) in [5.41, 5.74) is 3.10. The Kier molecular flexibility index (Phi) is 6.10. The van der Waals surface area contributed by atoms with Crippen molar-refractivity contribution >= 4 is 17.8 Å². The summed E-state index contributed by atoms with van der Waals surface area (Å²) in [5.74, 6) is -0.226. The van der Waals surface area contributed by atoms with Gasteiger partial charge in [-0.1, -0.05) is 36.4 Å². The van der Waals surface area contributed by atoms with Gasteiger partial charge in [-0.25, -0.2) is 9.59 Å². The minimum absolute atomic E-state index is 0.173. The first kappa shape index (κ1) is 22.5. The molecular weight excluding hydrogens is 450 g/mol. The minimum Gasteiger partial charge on any atom is -0.454 e. The first-order chi connectivity index (χ1) is 17.0. The topological polar surface area (TPSA) is 100 Å². The number of amides is 1. The summed E-state index contributed by atoms with van der Waals surface area (Å²) in [6, 6.07) is 19.2. The highest BCUT2D eigenvalue weighted by molar-refractivity contribution is 5.96. The molecule has 2 aliphatic heterocycles. The van der Waals surface area contributed by atoms with Gasteiger partial charge in [0.05, 0.1) is 17.2 Å². The van der Waals surface area contributed by atoms with Gasteiger partial charge in [0.15, 0.2) is 18.1 Å². The molecule has 2 heterocycles. The second kappa shape index (κ2) is 9.50. The van der Waals surface area contributed by atoms with Gasteiger partial charge < -0.3 is 24.3 Å². The summed E-state index contributed by atoms with van der Waals surface area (Å²) >= 11 is 0. The molecule has 0 saturated heterocycles. The van der Waals surface area contributed by atoms with Crippen LogP contribution in [0.25, 0.3) is 0 Å². The predicted octanol–water partition coefficient (Wildman–Crippen LogP) is 3.90. The summed E-state index contributed by atoms with van der Waals surface area (Å²) in [6.07, 6.45) is 0.0191. The van der Waals surface area contributed by atoms with Crippen molar-refractivity contribution in [3.63, 3.8) is 0 Å².